The maximum atomic E-state index is 12.0. The van der Waals surface area contributed by atoms with Crippen LogP contribution in [-0.4, -0.2) is 40.0 Å². The van der Waals surface area contributed by atoms with Crippen LogP contribution in [-0.2, 0) is 6.54 Å². The molecule has 0 bridgehead atoms. The van der Waals surface area contributed by atoms with Crippen LogP contribution in [0.2, 0.25) is 0 Å². The van der Waals surface area contributed by atoms with E-state index in [2.05, 4.69) is 10.3 Å². The largest absolute Gasteiger partial charge is 0.356 e. The minimum Gasteiger partial charge on any atom is -0.356 e. The highest BCUT2D eigenvalue weighted by atomic mass is 16.2. The van der Waals surface area contributed by atoms with Gasteiger partial charge in [-0.2, -0.15) is 0 Å². The van der Waals surface area contributed by atoms with Crippen LogP contribution in [0.25, 0.3) is 0 Å². The van der Waals surface area contributed by atoms with Gasteiger partial charge in [-0.3, -0.25) is 4.79 Å². The van der Waals surface area contributed by atoms with Crippen molar-refractivity contribution in [3.05, 3.63) is 11.9 Å². The van der Waals surface area contributed by atoms with Crippen LogP contribution >= 0.6 is 0 Å². The molecule has 88 valence electrons. The first-order valence-corrected chi connectivity index (χ1v) is 5.68. The molecule has 0 spiro atoms. The van der Waals surface area contributed by atoms with Crippen molar-refractivity contribution in [3.63, 3.8) is 0 Å². The van der Waals surface area contributed by atoms with Gasteiger partial charge in [0, 0.05) is 32.4 Å². The molecule has 1 aromatic rings. The van der Waals surface area contributed by atoms with Gasteiger partial charge in [-0.25, -0.2) is 4.98 Å². The normalized spacial score (nSPS) is 14.5. The van der Waals surface area contributed by atoms with Gasteiger partial charge in [0.2, 0.25) is 5.95 Å². The van der Waals surface area contributed by atoms with Crippen LogP contribution in [0.3, 0.4) is 0 Å². The van der Waals surface area contributed by atoms with Gasteiger partial charge in [-0.05, 0) is 20.3 Å². The van der Waals surface area contributed by atoms with Gasteiger partial charge < -0.3 is 14.8 Å². The van der Waals surface area contributed by atoms with Crippen molar-refractivity contribution in [3.8, 4) is 0 Å². The highest BCUT2D eigenvalue weighted by Gasteiger charge is 2.20. The van der Waals surface area contributed by atoms with E-state index in [1.165, 1.54) is 0 Å². The molecule has 0 saturated heterocycles. The Bertz CT molecular complexity index is 373. The first-order chi connectivity index (χ1) is 7.59. The third kappa shape index (κ3) is 1.89. The van der Waals surface area contributed by atoms with Gasteiger partial charge in [0.05, 0.1) is 0 Å². The molecule has 1 aliphatic rings. The SMILES string of the molecule is CC(C)N(C)C(=O)c1cn2c(n1)NCCC2. The Morgan fingerprint density at radius 2 is 2.38 bits per heavy atom. The summed E-state index contributed by atoms with van der Waals surface area (Å²) < 4.78 is 2.00. The Morgan fingerprint density at radius 1 is 1.62 bits per heavy atom. The maximum absolute atomic E-state index is 12.0. The van der Waals surface area contributed by atoms with Gasteiger partial charge in [0.25, 0.3) is 5.91 Å². The van der Waals surface area contributed by atoms with E-state index in [-0.39, 0.29) is 11.9 Å². The molecule has 5 heteroatoms. The lowest BCUT2D eigenvalue weighted by Crippen LogP contribution is -2.33. The number of aromatic nitrogens is 2. The predicted molar refractivity (Wildman–Crippen MR) is 62.6 cm³/mol. The van der Waals surface area contributed by atoms with Crippen LogP contribution in [0, 0.1) is 0 Å². The van der Waals surface area contributed by atoms with Crippen LogP contribution in [0.15, 0.2) is 6.20 Å². The minimum absolute atomic E-state index is 0.0151. The Kier molecular flexibility index (Phi) is 2.85. The summed E-state index contributed by atoms with van der Waals surface area (Å²) in [6.07, 6.45) is 2.92. The Labute approximate surface area is 95.5 Å². The summed E-state index contributed by atoms with van der Waals surface area (Å²) in [6, 6.07) is 0.194. The third-order valence-electron chi connectivity index (χ3n) is 2.95. The molecule has 2 rings (SSSR count). The fourth-order valence-corrected chi connectivity index (χ4v) is 1.70. The number of imidazole rings is 1. The fraction of sp³-hybridized carbons (Fsp3) is 0.636. The van der Waals surface area contributed by atoms with E-state index in [4.69, 9.17) is 0 Å². The molecular weight excluding hydrogens is 204 g/mol. The van der Waals surface area contributed by atoms with Crippen molar-refractivity contribution in [1.82, 2.24) is 14.5 Å². The number of hydrogen-bond acceptors (Lipinski definition) is 3. The topological polar surface area (TPSA) is 50.2 Å². The van der Waals surface area contributed by atoms with Gasteiger partial charge >= 0.3 is 0 Å². The first-order valence-electron chi connectivity index (χ1n) is 5.68. The van der Waals surface area contributed by atoms with Crippen molar-refractivity contribution >= 4 is 11.9 Å². The van der Waals surface area contributed by atoms with Crippen LogP contribution in [0.1, 0.15) is 30.8 Å². The van der Waals surface area contributed by atoms with Crippen LogP contribution in [0.5, 0.6) is 0 Å². The molecular formula is C11H18N4O. The monoisotopic (exact) mass is 222 g/mol. The Balaban J connectivity index is 2.21. The average molecular weight is 222 g/mol. The molecule has 2 heterocycles. The number of anilines is 1. The summed E-state index contributed by atoms with van der Waals surface area (Å²) in [4.78, 5) is 18.0. The highest BCUT2D eigenvalue weighted by molar-refractivity contribution is 5.92. The summed E-state index contributed by atoms with van der Waals surface area (Å²) in [5.41, 5.74) is 0.528. The smallest absolute Gasteiger partial charge is 0.274 e. The van der Waals surface area contributed by atoms with Crippen LogP contribution < -0.4 is 5.32 Å². The molecule has 0 radical (unpaired) electrons. The number of carbonyl (C=O) groups excluding carboxylic acids is 1. The number of amides is 1. The van der Waals surface area contributed by atoms with Crippen molar-refractivity contribution in [1.29, 1.82) is 0 Å². The number of carbonyl (C=O) groups is 1. The molecule has 0 saturated carbocycles. The number of fused-ring (bicyclic) bond motifs is 1. The van der Waals surface area contributed by atoms with E-state index < -0.39 is 0 Å². The third-order valence-corrected chi connectivity index (χ3v) is 2.95. The van der Waals surface area contributed by atoms with E-state index in [1.54, 1.807) is 11.9 Å². The number of aryl methyl sites for hydroxylation is 1. The second-order valence-electron chi connectivity index (χ2n) is 4.43. The van der Waals surface area contributed by atoms with Gasteiger partial charge in [-0.1, -0.05) is 0 Å². The lowest BCUT2D eigenvalue weighted by Gasteiger charge is -2.19. The van der Waals surface area contributed by atoms with Crippen molar-refractivity contribution < 1.29 is 4.79 Å². The van der Waals surface area contributed by atoms with Crippen molar-refractivity contribution in [2.75, 3.05) is 18.9 Å². The zero-order valence-electron chi connectivity index (χ0n) is 10.0. The van der Waals surface area contributed by atoms with Gasteiger partial charge in [-0.15, -0.1) is 0 Å². The van der Waals surface area contributed by atoms with Crippen molar-refractivity contribution in [2.24, 2.45) is 0 Å². The molecule has 1 amide bonds. The summed E-state index contributed by atoms with van der Waals surface area (Å²) in [7, 11) is 1.80. The number of nitrogens with zero attached hydrogens (tertiary/aromatic N) is 3. The van der Waals surface area contributed by atoms with E-state index >= 15 is 0 Å². The lowest BCUT2D eigenvalue weighted by molar-refractivity contribution is 0.0749. The van der Waals surface area contributed by atoms with E-state index in [9.17, 15) is 4.79 Å². The molecule has 5 nitrogen and oxygen atoms in total. The summed E-state index contributed by atoms with van der Waals surface area (Å²) >= 11 is 0. The zero-order chi connectivity index (χ0) is 11.7. The minimum atomic E-state index is -0.0151. The quantitative estimate of drug-likeness (QED) is 0.817. The second-order valence-corrected chi connectivity index (χ2v) is 4.43. The maximum Gasteiger partial charge on any atom is 0.274 e. The van der Waals surface area contributed by atoms with E-state index in [0.717, 1.165) is 25.5 Å². The molecule has 0 atom stereocenters. The predicted octanol–water partition coefficient (Wildman–Crippen LogP) is 1.18. The molecule has 16 heavy (non-hydrogen) atoms. The summed E-state index contributed by atoms with van der Waals surface area (Å²) in [5, 5.41) is 3.19. The molecule has 0 aliphatic carbocycles. The van der Waals surface area contributed by atoms with Crippen molar-refractivity contribution in [2.45, 2.75) is 32.9 Å². The standard InChI is InChI=1S/C11H18N4O/c1-8(2)14(3)10(16)9-7-15-6-4-5-12-11(15)13-9/h7-8H,4-6H2,1-3H3,(H,12,13). The molecule has 0 aromatic carbocycles. The number of rotatable bonds is 2. The van der Waals surface area contributed by atoms with E-state index in [1.807, 2.05) is 24.6 Å². The molecule has 0 unspecified atom stereocenters. The number of nitrogens with one attached hydrogen (secondary N) is 1. The molecule has 1 aliphatic heterocycles. The second kappa shape index (κ2) is 4.15. The van der Waals surface area contributed by atoms with Gasteiger partial charge in [0.1, 0.15) is 5.69 Å². The summed E-state index contributed by atoms with van der Waals surface area (Å²) in [6.45, 7) is 5.86. The molecule has 1 aromatic heterocycles. The Morgan fingerprint density at radius 3 is 3.00 bits per heavy atom. The van der Waals surface area contributed by atoms with Crippen LogP contribution in [0.4, 0.5) is 5.95 Å². The lowest BCUT2D eigenvalue weighted by atomic mass is 10.3. The first kappa shape index (κ1) is 11.0. The number of hydrogen-bond donors (Lipinski definition) is 1. The molecule has 1 N–H and O–H groups in total. The fourth-order valence-electron chi connectivity index (χ4n) is 1.70. The van der Waals surface area contributed by atoms with Gasteiger partial charge in [0.15, 0.2) is 0 Å². The summed E-state index contributed by atoms with van der Waals surface area (Å²) in [5.74, 6) is 0.797. The zero-order valence-corrected chi connectivity index (χ0v) is 10.0. The van der Waals surface area contributed by atoms with E-state index in [0.29, 0.717) is 5.69 Å². The average Bonchev–Trinajstić information content (AvgIpc) is 2.70. The molecule has 0 fully saturated rings. The Hall–Kier alpha value is -1.52. The highest BCUT2D eigenvalue weighted by Crippen LogP contribution is 2.15.